The molecule has 3 N–H and O–H groups in total. The quantitative estimate of drug-likeness (QED) is 0.693. The summed E-state index contributed by atoms with van der Waals surface area (Å²) >= 11 is 2.10. The lowest BCUT2D eigenvalue weighted by Crippen LogP contribution is -2.45. The molecule has 0 spiro atoms. The molecule has 5 nitrogen and oxygen atoms in total. The predicted molar refractivity (Wildman–Crippen MR) is 75.8 cm³/mol. The SMILES string of the molecule is O=C(NCC1CNCCO1)c1cc(I)ccc1O. The first kappa shape index (κ1) is 13.6. The standard InChI is InChI=1S/C12H15IN2O3/c13-8-1-2-11(16)10(5-8)12(17)15-7-9-6-14-3-4-18-9/h1-2,5,9,14,16H,3-4,6-7H2,(H,15,17). The minimum Gasteiger partial charge on any atom is -0.507 e. The van der Waals surface area contributed by atoms with Crippen LogP contribution in [0.4, 0.5) is 0 Å². The minimum absolute atomic E-state index is 0.00407. The van der Waals surface area contributed by atoms with Gasteiger partial charge in [0.2, 0.25) is 0 Å². The van der Waals surface area contributed by atoms with Crippen molar-refractivity contribution in [2.24, 2.45) is 0 Å². The van der Waals surface area contributed by atoms with Gasteiger partial charge in [0, 0.05) is 23.2 Å². The number of phenolic OH excluding ortho intramolecular Hbond substituents is 1. The number of nitrogens with one attached hydrogen (secondary N) is 2. The van der Waals surface area contributed by atoms with E-state index in [1.807, 2.05) is 0 Å². The zero-order valence-corrected chi connectivity index (χ0v) is 11.9. The molecule has 0 aliphatic carbocycles. The van der Waals surface area contributed by atoms with E-state index in [0.717, 1.165) is 16.7 Å². The van der Waals surface area contributed by atoms with Crippen LogP contribution in [0.25, 0.3) is 0 Å². The van der Waals surface area contributed by atoms with Crippen molar-refractivity contribution < 1.29 is 14.6 Å². The van der Waals surface area contributed by atoms with Gasteiger partial charge in [0.15, 0.2) is 0 Å². The molecule has 1 aliphatic rings. The molecule has 1 amide bonds. The molecular formula is C12H15IN2O3. The van der Waals surface area contributed by atoms with Gasteiger partial charge >= 0.3 is 0 Å². The van der Waals surface area contributed by atoms with Gasteiger partial charge in [-0.25, -0.2) is 0 Å². The summed E-state index contributed by atoms with van der Waals surface area (Å²) in [5, 5.41) is 15.6. The predicted octanol–water partition coefficient (Wildman–Crippen LogP) is 0.715. The summed E-state index contributed by atoms with van der Waals surface area (Å²) in [7, 11) is 0. The third-order valence-electron chi connectivity index (χ3n) is 2.70. The number of hydrogen-bond acceptors (Lipinski definition) is 4. The molecule has 1 aliphatic heterocycles. The lowest BCUT2D eigenvalue weighted by molar-refractivity contribution is 0.0287. The van der Waals surface area contributed by atoms with Crippen LogP contribution < -0.4 is 10.6 Å². The van der Waals surface area contributed by atoms with Crippen LogP contribution in [0.2, 0.25) is 0 Å². The number of morpholine rings is 1. The first-order valence-electron chi connectivity index (χ1n) is 5.76. The molecule has 18 heavy (non-hydrogen) atoms. The highest BCUT2D eigenvalue weighted by atomic mass is 127. The molecule has 1 atom stereocenters. The zero-order valence-electron chi connectivity index (χ0n) is 9.78. The molecule has 1 heterocycles. The van der Waals surface area contributed by atoms with Crippen molar-refractivity contribution >= 4 is 28.5 Å². The average Bonchev–Trinajstić information content (AvgIpc) is 2.40. The van der Waals surface area contributed by atoms with E-state index in [2.05, 4.69) is 33.2 Å². The third kappa shape index (κ3) is 3.56. The van der Waals surface area contributed by atoms with E-state index in [1.54, 1.807) is 12.1 Å². The summed E-state index contributed by atoms with van der Waals surface area (Å²) in [4.78, 5) is 11.9. The molecule has 1 unspecified atom stereocenters. The molecule has 1 saturated heterocycles. The highest BCUT2D eigenvalue weighted by molar-refractivity contribution is 14.1. The molecule has 1 aromatic carbocycles. The maximum atomic E-state index is 11.9. The Kier molecular flexibility index (Phi) is 4.79. The summed E-state index contributed by atoms with van der Waals surface area (Å²) in [5.74, 6) is -0.282. The van der Waals surface area contributed by atoms with Gasteiger partial charge in [-0.3, -0.25) is 4.79 Å². The van der Waals surface area contributed by atoms with E-state index >= 15 is 0 Å². The number of benzene rings is 1. The van der Waals surface area contributed by atoms with Gasteiger partial charge in [-0.2, -0.15) is 0 Å². The van der Waals surface area contributed by atoms with Crippen LogP contribution in [0.3, 0.4) is 0 Å². The van der Waals surface area contributed by atoms with Gasteiger partial charge in [0.25, 0.3) is 5.91 Å². The number of rotatable bonds is 3. The van der Waals surface area contributed by atoms with Crippen molar-refractivity contribution in [3.8, 4) is 5.75 Å². The molecule has 98 valence electrons. The summed E-state index contributed by atoms with van der Waals surface area (Å²) < 4.78 is 6.39. The molecule has 0 radical (unpaired) electrons. The van der Waals surface area contributed by atoms with Crippen molar-refractivity contribution in [3.63, 3.8) is 0 Å². The van der Waals surface area contributed by atoms with Gasteiger partial charge in [-0.05, 0) is 40.8 Å². The number of amides is 1. The third-order valence-corrected chi connectivity index (χ3v) is 3.37. The van der Waals surface area contributed by atoms with Crippen LogP contribution in [0, 0.1) is 3.57 Å². The normalized spacial score (nSPS) is 19.5. The molecule has 0 bridgehead atoms. The van der Waals surface area contributed by atoms with Crippen LogP contribution in [0.5, 0.6) is 5.75 Å². The van der Waals surface area contributed by atoms with E-state index < -0.39 is 0 Å². The lowest BCUT2D eigenvalue weighted by atomic mass is 10.2. The second-order valence-electron chi connectivity index (χ2n) is 4.07. The molecule has 6 heteroatoms. The van der Waals surface area contributed by atoms with Gasteiger partial charge in [0.05, 0.1) is 18.3 Å². The van der Waals surface area contributed by atoms with Gasteiger partial charge < -0.3 is 20.5 Å². The number of phenols is 1. The Labute approximate surface area is 119 Å². The fourth-order valence-corrected chi connectivity index (χ4v) is 2.23. The Bertz CT molecular complexity index is 433. The first-order valence-corrected chi connectivity index (χ1v) is 6.84. The van der Waals surface area contributed by atoms with Gasteiger partial charge in [-0.1, -0.05) is 0 Å². The zero-order chi connectivity index (χ0) is 13.0. The molecule has 1 aromatic rings. The van der Waals surface area contributed by atoms with Crippen molar-refractivity contribution in [2.45, 2.75) is 6.10 Å². The van der Waals surface area contributed by atoms with Crippen LogP contribution >= 0.6 is 22.6 Å². The smallest absolute Gasteiger partial charge is 0.255 e. The van der Waals surface area contributed by atoms with Crippen molar-refractivity contribution in [2.75, 3.05) is 26.2 Å². The second kappa shape index (κ2) is 6.35. The number of carbonyl (C=O) groups excluding carboxylic acids is 1. The van der Waals surface area contributed by atoms with E-state index in [9.17, 15) is 9.90 Å². The van der Waals surface area contributed by atoms with Crippen LogP contribution in [0.15, 0.2) is 18.2 Å². The monoisotopic (exact) mass is 362 g/mol. The highest BCUT2D eigenvalue weighted by Gasteiger charge is 2.16. The molecule has 1 fully saturated rings. The average molecular weight is 362 g/mol. The maximum Gasteiger partial charge on any atom is 0.255 e. The largest absolute Gasteiger partial charge is 0.507 e. The number of halogens is 1. The fourth-order valence-electron chi connectivity index (χ4n) is 1.74. The first-order chi connectivity index (χ1) is 8.66. The van der Waals surface area contributed by atoms with Crippen LogP contribution in [-0.2, 0) is 4.74 Å². The summed E-state index contributed by atoms with van der Waals surface area (Å²) in [5.41, 5.74) is 0.297. The van der Waals surface area contributed by atoms with E-state index in [-0.39, 0.29) is 17.8 Å². The van der Waals surface area contributed by atoms with Crippen molar-refractivity contribution in [1.82, 2.24) is 10.6 Å². The highest BCUT2D eigenvalue weighted by Crippen LogP contribution is 2.19. The van der Waals surface area contributed by atoms with Crippen LogP contribution in [-0.4, -0.2) is 43.4 Å². The van der Waals surface area contributed by atoms with E-state index in [4.69, 9.17) is 4.74 Å². The molecule has 0 aromatic heterocycles. The number of carbonyl (C=O) groups is 1. The Morgan fingerprint density at radius 3 is 3.17 bits per heavy atom. The Morgan fingerprint density at radius 1 is 1.61 bits per heavy atom. The molecular weight excluding hydrogens is 347 g/mol. The topological polar surface area (TPSA) is 70.6 Å². The summed E-state index contributed by atoms with van der Waals surface area (Å²) in [6.45, 7) is 2.69. The van der Waals surface area contributed by atoms with E-state index in [1.165, 1.54) is 6.07 Å². The minimum atomic E-state index is -0.278. The second-order valence-corrected chi connectivity index (χ2v) is 5.31. The van der Waals surface area contributed by atoms with Crippen molar-refractivity contribution in [1.29, 1.82) is 0 Å². The number of aromatic hydroxyl groups is 1. The maximum absolute atomic E-state index is 11.9. The van der Waals surface area contributed by atoms with E-state index in [0.29, 0.717) is 18.7 Å². The number of hydrogen-bond donors (Lipinski definition) is 3. The Balaban J connectivity index is 1.92. The lowest BCUT2D eigenvalue weighted by Gasteiger charge is -2.23. The van der Waals surface area contributed by atoms with Gasteiger partial charge in [-0.15, -0.1) is 0 Å². The van der Waals surface area contributed by atoms with Crippen LogP contribution in [0.1, 0.15) is 10.4 Å². The Morgan fingerprint density at radius 2 is 2.44 bits per heavy atom. The fraction of sp³-hybridized carbons (Fsp3) is 0.417. The summed E-state index contributed by atoms with van der Waals surface area (Å²) in [6, 6.07) is 4.93. The summed E-state index contributed by atoms with van der Waals surface area (Å²) in [6.07, 6.45) is -0.00683. The molecule has 0 saturated carbocycles. The van der Waals surface area contributed by atoms with Crippen molar-refractivity contribution in [3.05, 3.63) is 27.3 Å². The van der Waals surface area contributed by atoms with Gasteiger partial charge in [0.1, 0.15) is 5.75 Å². The number of ether oxygens (including phenoxy) is 1. The Hall–Kier alpha value is -0.860. The molecule has 2 rings (SSSR count).